The quantitative estimate of drug-likeness (QED) is 0.588. The van der Waals surface area contributed by atoms with E-state index in [0.717, 1.165) is 29.7 Å². The van der Waals surface area contributed by atoms with Crippen molar-refractivity contribution in [2.24, 2.45) is 0 Å². The number of urea groups is 1. The Balaban J connectivity index is 1.27. The van der Waals surface area contributed by atoms with E-state index in [2.05, 4.69) is 20.8 Å². The summed E-state index contributed by atoms with van der Waals surface area (Å²) in [6, 6.07) is 10.8. The molecule has 0 bridgehead atoms. The second kappa shape index (κ2) is 8.70. The molecule has 2 N–H and O–H groups in total. The van der Waals surface area contributed by atoms with Gasteiger partial charge < -0.3 is 25.0 Å². The Hall–Kier alpha value is -3.66. The van der Waals surface area contributed by atoms with E-state index < -0.39 is 0 Å². The number of aromatic nitrogens is 2. The van der Waals surface area contributed by atoms with Gasteiger partial charge in [-0.1, -0.05) is 23.5 Å². The number of hydrogen-bond acceptors (Lipinski definition) is 7. The Morgan fingerprint density at radius 1 is 1.06 bits per heavy atom. The largest absolute Gasteiger partial charge is 0.454 e. The number of likely N-dealkylation sites (tertiary alicyclic amines) is 1. The van der Waals surface area contributed by atoms with Gasteiger partial charge in [0.25, 0.3) is 5.91 Å². The lowest BCUT2D eigenvalue weighted by Gasteiger charge is -2.23. The Bertz CT molecular complexity index is 1230. The normalized spacial score (nSPS) is 16.7. The zero-order valence-corrected chi connectivity index (χ0v) is 19.1. The number of amides is 3. The van der Waals surface area contributed by atoms with Gasteiger partial charge in [0.1, 0.15) is 5.01 Å². The molecule has 10 heteroatoms. The highest BCUT2D eigenvalue weighted by molar-refractivity contribution is 7.13. The number of anilines is 2. The number of carbonyl (C=O) groups excluding carboxylic acids is 2. The highest BCUT2D eigenvalue weighted by Crippen LogP contribution is 2.36. The van der Waals surface area contributed by atoms with Crippen LogP contribution in [0.2, 0.25) is 0 Å². The molecule has 0 saturated carbocycles. The molecule has 2 aromatic carbocycles. The third-order valence-electron chi connectivity index (χ3n) is 5.70. The average Bonchev–Trinajstić information content (AvgIpc) is 3.55. The summed E-state index contributed by atoms with van der Waals surface area (Å²) in [6.45, 7) is 4.75. The molecule has 1 saturated heterocycles. The van der Waals surface area contributed by atoms with Crippen molar-refractivity contribution in [3.05, 3.63) is 57.5 Å². The van der Waals surface area contributed by atoms with Crippen LogP contribution in [0.5, 0.6) is 11.5 Å². The van der Waals surface area contributed by atoms with Gasteiger partial charge in [0.2, 0.25) is 11.8 Å². The molecule has 0 unspecified atom stereocenters. The predicted molar refractivity (Wildman–Crippen MR) is 124 cm³/mol. The molecular weight excluding hydrogens is 442 g/mol. The van der Waals surface area contributed by atoms with Gasteiger partial charge in [-0.15, -0.1) is 10.2 Å². The number of benzene rings is 2. The van der Waals surface area contributed by atoms with Gasteiger partial charge >= 0.3 is 6.03 Å². The fourth-order valence-corrected chi connectivity index (χ4v) is 4.83. The lowest BCUT2D eigenvalue weighted by Crippen LogP contribution is -2.34. The first kappa shape index (κ1) is 21.2. The second-order valence-electron chi connectivity index (χ2n) is 8.07. The molecule has 0 aliphatic carbocycles. The molecule has 0 radical (unpaired) electrons. The zero-order valence-electron chi connectivity index (χ0n) is 18.3. The standard InChI is InChI=1S/C23H23N5O4S/c1-13-5-6-14(2)16(10-13)25-23(30)28-9-3-4-17(28)21-26-27-22(33-21)20(29)24-15-7-8-18-19(11-15)32-12-31-18/h5-8,10-11,17H,3-4,9,12H2,1-2H3,(H,24,29)(H,25,30)/t17-/m1/s1. The van der Waals surface area contributed by atoms with E-state index in [9.17, 15) is 9.59 Å². The molecule has 3 amide bonds. The molecule has 3 heterocycles. The van der Waals surface area contributed by atoms with Crippen molar-refractivity contribution in [1.82, 2.24) is 15.1 Å². The first-order valence-corrected chi connectivity index (χ1v) is 11.5. The number of fused-ring (bicyclic) bond motifs is 1. The van der Waals surface area contributed by atoms with E-state index in [1.54, 1.807) is 23.1 Å². The van der Waals surface area contributed by atoms with Gasteiger partial charge in [0.05, 0.1) is 6.04 Å². The minimum Gasteiger partial charge on any atom is -0.454 e. The summed E-state index contributed by atoms with van der Waals surface area (Å²) in [5.41, 5.74) is 3.46. The Morgan fingerprint density at radius 3 is 2.79 bits per heavy atom. The van der Waals surface area contributed by atoms with Crippen molar-refractivity contribution in [1.29, 1.82) is 0 Å². The lowest BCUT2D eigenvalue weighted by atomic mass is 10.1. The lowest BCUT2D eigenvalue weighted by molar-refractivity contribution is 0.102. The van der Waals surface area contributed by atoms with Crippen molar-refractivity contribution in [2.45, 2.75) is 32.7 Å². The molecule has 2 aliphatic rings. The maximum absolute atomic E-state index is 13.0. The van der Waals surface area contributed by atoms with Crippen LogP contribution in [0.4, 0.5) is 16.2 Å². The van der Waals surface area contributed by atoms with E-state index in [1.807, 2.05) is 32.0 Å². The van der Waals surface area contributed by atoms with Gasteiger partial charge in [-0.2, -0.15) is 0 Å². The van der Waals surface area contributed by atoms with Gasteiger partial charge in [0, 0.05) is 24.0 Å². The first-order valence-electron chi connectivity index (χ1n) is 10.7. The molecule has 170 valence electrons. The summed E-state index contributed by atoms with van der Waals surface area (Å²) >= 11 is 1.20. The van der Waals surface area contributed by atoms with E-state index >= 15 is 0 Å². The topological polar surface area (TPSA) is 106 Å². The summed E-state index contributed by atoms with van der Waals surface area (Å²) in [5.74, 6) is 0.871. The third kappa shape index (κ3) is 4.34. The Kier molecular flexibility index (Phi) is 5.59. The van der Waals surface area contributed by atoms with Crippen LogP contribution in [-0.4, -0.2) is 40.4 Å². The van der Waals surface area contributed by atoms with Crippen LogP contribution in [0.1, 0.15) is 44.8 Å². The summed E-state index contributed by atoms with van der Waals surface area (Å²) in [6.07, 6.45) is 1.64. The van der Waals surface area contributed by atoms with E-state index in [1.165, 1.54) is 11.3 Å². The SMILES string of the molecule is Cc1ccc(C)c(NC(=O)N2CCC[C@@H]2c2nnc(C(=O)Nc3ccc4c(c3)OCO4)s2)c1. The van der Waals surface area contributed by atoms with Crippen molar-refractivity contribution >= 4 is 34.6 Å². The molecule has 0 spiro atoms. The number of hydrogen-bond donors (Lipinski definition) is 2. The van der Waals surface area contributed by atoms with Crippen LogP contribution >= 0.6 is 11.3 Å². The number of ether oxygens (including phenoxy) is 2. The molecule has 9 nitrogen and oxygen atoms in total. The number of nitrogens with one attached hydrogen (secondary N) is 2. The third-order valence-corrected chi connectivity index (χ3v) is 6.72. The van der Waals surface area contributed by atoms with Crippen LogP contribution < -0.4 is 20.1 Å². The van der Waals surface area contributed by atoms with Crippen molar-refractivity contribution in [3.63, 3.8) is 0 Å². The molecule has 1 atom stereocenters. The zero-order chi connectivity index (χ0) is 22.9. The molecule has 1 fully saturated rings. The smallest absolute Gasteiger partial charge is 0.322 e. The highest BCUT2D eigenvalue weighted by Gasteiger charge is 2.33. The predicted octanol–water partition coefficient (Wildman–Crippen LogP) is 4.50. The summed E-state index contributed by atoms with van der Waals surface area (Å²) < 4.78 is 10.6. The molecule has 2 aliphatic heterocycles. The number of carbonyl (C=O) groups is 2. The van der Waals surface area contributed by atoms with E-state index in [-0.39, 0.29) is 29.8 Å². The van der Waals surface area contributed by atoms with Crippen LogP contribution in [0.25, 0.3) is 0 Å². The summed E-state index contributed by atoms with van der Waals surface area (Å²) in [7, 11) is 0. The van der Waals surface area contributed by atoms with Crippen molar-refractivity contribution in [3.8, 4) is 11.5 Å². The Morgan fingerprint density at radius 2 is 1.91 bits per heavy atom. The Labute approximate surface area is 194 Å². The minimum absolute atomic E-state index is 0.168. The minimum atomic E-state index is -0.359. The number of rotatable bonds is 4. The molecular formula is C23H23N5O4S. The maximum Gasteiger partial charge on any atom is 0.322 e. The van der Waals surface area contributed by atoms with Crippen LogP contribution in [0, 0.1) is 13.8 Å². The average molecular weight is 466 g/mol. The molecule has 33 heavy (non-hydrogen) atoms. The van der Waals surface area contributed by atoms with E-state index in [0.29, 0.717) is 28.7 Å². The molecule has 1 aromatic heterocycles. The van der Waals surface area contributed by atoms with E-state index in [4.69, 9.17) is 9.47 Å². The van der Waals surface area contributed by atoms with Gasteiger partial charge in [-0.25, -0.2) is 4.79 Å². The fraction of sp³-hybridized carbons (Fsp3) is 0.304. The highest BCUT2D eigenvalue weighted by atomic mass is 32.1. The summed E-state index contributed by atoms with van der Waals surface area (Å²) in [4.78, 5) is 27.5. The monoisotopic (exact) mass is 465 g/mol. The summed E-state index contributed by atoms with van der Waals surface area (Å²) in [5, 5.41) is 15.0. The number of nitrogens with zero attached hydrogens (tertiary/aromatic N) is 3. The van der Waals surface area contributed by atoms with Crippen molar-refractivity contribution in [2.75, 3.05) is 24.0 Å². The van der Waals surface area contributed by atoms with Crippen LogP contribution in [0.3, 0.4) is 0 Å². The molecule has 5 rings (SSSR count). The maximum atomic E-state index is 13.0. The van der Waals surface area contributed by atoms with Gasteiger partial charge in [-0.05, 0) is 56.0 Å². The van der Waals surface area contributed by atoms with Gasteiger partial charge in [-0.3, -0.25) is 4.79 Å². The van der Waals surface area contributed by atoms with Crippen LogP contribution in [0.15, 0.2) is 36.4 Å². The van der Waals surface area contributed by atoms with Gasteiger partial charge in [0.15, 0.2) is 11.5 Å². The van der Waals surface area contributed by atoms with Crippen molar-refractivity contribution < 1.29 is 19.1 Å². The fourth-order valence-electron chi connectivity index (χ4n) is 3.94. The molecule has 3 aromatic rings. The van der Waals surface area contributed by atoms with Crippen LogP contribution in [-0.2, 0) is 0 Å². The first-order chi connectivity index (χ1) is 16.0. The number of aryl methyl sites for hydroxylation is 2. The second-order valence-corrected chi connectivity index (χ2v) is 9.08.